The van der Waals surface area contributed by atoms with Crippen LogP contribution in [0, 0.1) is 5.41 Å². The summed E-state index contributed by atoms with van der Waals surface area (Å²) >= 11 is 7.19. The van der Waals surface area contributed by atoms with E-state index in [-0.39, 0.29) is 6.10 Å². The summed E-state index contributed by atoms with van der Waals surface area (Å²) in [6, 6.07) is 7.55. The van der Waals surface area contributed by atoms with Crippen molar-refractivity contribution < 1.29 is 4.74 Å². The van der Waals surface area contributed by atoms with Crippen molar-refractivity contribution in [1.82, 2.24) is 0 Å². The number of nitrogens with one attached hydrogen (secondary N) is 1. The molecule has 0 unspecified atom stereocenters. The zero-order valence-electron chi connectivity index (χ0n) is 6.79. The van der Waals surface area contributed by atoms with Gasteiger partial charge >= 0.3 is 0 Å². The van der Waals surface area contributed by atoms with Gasteiger partial charge in [0.15, 0.2) is 0 Å². The molecule has 0 saturated carbocycles. The zero-order valence-corrected chi connectivity index (χ0v) is 8.36. The van der Waals surface area contributed by atoms with Crippen molar-refractivity contribution in [1.29, 1.82) is 5.41 Å². The molecule has 68 valence electrons. The Balaban J connectivity index is 2.17. The Morgan fingerprint density at radius 3 is 2.62 bits per heavy atom. The highest BCUT2D eigenvalue weighted by atomic mass is 35.5. The average Bonchev–Trinajstić information content (AvgIpc) is 2.53. The standard InChI is InChI=1S/C9H8ClNOS/c10-7-3-1-6(2-4-7)8-5-13-9(11)12-8/h1-4,8,11H,5H2/t8-/m0/s1. The zero-order chi connectivity index (χ0) is 9.26. The van der Waals surface area contributed by atoms with E-state index in [2.05, 4.69) is 0 Å². The molecule has 2 rings (SSSR count). The Morgan fingerprint density at radius 1 is 1.38 bits per heavy atom. The Labute approximate surface area is 85.7 Å². The average molecular weight is 214 g/mol. The van der Waals surface area contributed by atoms with E-state index in [0.29, 0.717) is 5.23 Å². The number of rotatable bonds is 1. The minimum atomic E-state index is 0.0229. The molecule has 1 aliphatic heterocycles. The summed E-state index contributed by atoms with van der Waals surface area (Å²) < 4.78 is 5.29. The first-order valence-electron chi connectivity index (χ1n) is 3.89. The van der Waals surface area contributed by atoms with Crippen molar-refractivity contribution in [2.24, 2.45) is 0 Å². The fourth-order valence-corrected chi connectivity index (χ4v) is 2.06. The predicted molar refractivity (Wildman–Crippen MR) is 55.5 cm³/mol. The molecular formula is C9H8ClNOS. The highest BCUT2D eigenvalue weighted by Crippen LogP contribution is 2.31. The fourth-order valence-electron chi connectivity index (χ4n) is 1.19. The molecule has 2 nitrogen and oxygen atoms in total. The molecule has 0 aliphatic carbocycles. The Morgan fingerprint density at radius 2 is 2.08 bits per heavy atom. The van der Waals surface area contributed by atoms with Gasteiger partial charge < -0.3 is 4.74 Å². The number of ether oxygens (including phenoxy) is 1. The molecule has 1 aliphatic rings. The predicted octanol–water partition coefficient (Wildman–Crippen LogP) is 3.08. The van der Waals surface area contributed by atoms with Crippen LogP contribution in [0.15, 0.2) is 24.3 Å². The summed E-state index contributed by atoms with van der Waals surface area (Å²) in [5.74, 6) is 0.820. The van der Waals surface area contributed by atoms with Gasteiger partial charge in [-0.25, -0.2) is 0 Å². The summed E-state index contributed by atoms with van der Waals surface area (Å²) in [4.78, 5) is 0. The molecule has 0 radical (unpaired) electrons. The van der Waals surface area contributed by atoms with Gasteiger partial charge in [0.1, 0.15) is 6.10 Å². The number of halogens is 1. The SMILES string of the molecule is N=C1O[C@H](c2ccc(Cl)cc2)CS1. The van der Waals surface area contributed by atoms with E-state index in [9.17, 15) is 0 Å². The summed E-state index contributed by atoms with van der Waals surface area (Å²) in [5.41, 5.74) is 1.08. The van der Waals surface area contributed by atoms with Gasteiger partial charge in [-0.2, -0.15) is 0 Å². The first-order valence-corrected chi connectivity index (χ1v) is 5.25. The van der Waals surface area contributed by atoms with Gasteiger partial charge in [-0.15, -0.1) is 0 Å². The van der Waals surface area contributed by atoms with E-state index >= 15 is 0 Å². The second kappa shape index (κ2) is 3.60. The third-order valence-corrected chi connectivity index (χ3v) is 2.94. The van der Waals surface area contributed by atoms with E-state index < -0.39 is 0 Å². The van der Waals surface area contributed by atoms with Gasteiger partial charge in [-0.1, -0.05) is 35.5 Å². The van der Waals surface area contributed by atoms with Gasteiger partial charge in [0.25, 0.3) is 0 Å². The number of hydrogen-bond donors (Lipinski definition) is 1. The third kappa shape index (κ3) is 1.98. The maximum Gasteiger partial charge on any atom is 0.243 e. The summed E-state index contributed by atoms with van der Waals surface area (Å²) in [7, 11) is 0. The van der Waals surface area contributed by atoms with Crippen molar-refractivity contribution >= 4 is 28.6 Å². The summed E-state index contributed by atoms with van der Waals surface area (Å²) in [6.07, 6.45) is 0.0229. The Bertz CT molecular complexity index is 325. The van der Waals surface area contributed by atoms with E-state index in [4.69, 9.17) is 21.7 Å². The van der Waals surface area contributed by atoms with E-state index in [1.54, 1.807) is 0 Å². The van der Waals surface area contributed by atoms with Crippen molar-refractivity contribution in [3.63, 3.8) is 0 Å². The van der Waals surface area contributed by atoms with E-state index in [1.807, 2.05) is 24.3 Å². The van der Waals surface area contributed by atoms with Gasteiger partial charge in [-0.3, -0.25) is 5.41 Å². The second-order valence-electron chi connectivity index (χ2n) is 2.76. The molecule has 0 spiro atoms. The second-order valence-corrected chi connectivity index (χ2v) is 4.19. The molecule has 13 heavy (non-hydrogen) atoms. The quantitative estimate of drug-likeness (QED) is 0.778. The molecule has 0 bridgehead atoms. The minimum absolute atomic E-state index is 0.0229. The van der Waals surface area contributed by atoms with Crippen LogP contribution in [0.4, 0.5) is 0 Å². The van der Waals surface area contributed by atoms with Crippen LogP contribution in [-0.2, 0) is 4.74 Å². The normalized spacial score (nSPS) is 21.6. The van der Waals surface area contributed by atoms with Crippen LogP contribution in [0.5, 0.6) is 0 Å². The van der Waals surface area contributed by atoms with E-state index in [0.717, 1.165) is 16.3 Å². The molecular weight excluding hydrogens is 206 g/mol. The van der Waals surface area contributed by atoms with Gasteiger partial charge in [0.2, 0.25) is 5.23 Å². The lowest BCUT2D eigenvalue weighted by molar-refractivity contribution is 0.234. The van der Waals surface area contributed by atoms with Crippen LogP contribution in [0.1, 0.15) is 11.7 Å². The lowest BCUT2D eigenvalue weighted by Crippen LogP contribution is -1.99. The molecule has 0 amide bonds. The molecule has 1 fully saturated rings. The van der Waals surface area contributed by atoms with Crippen molar-refractivity contribution in [2.75, 3.05) is 5.75 Å². The third-order valence-electron chi connectivity index (χ3n) is 1.86. The minimum Gasteiger partial charge on any atom is -0.464 e. The fraction of sp³-hybridized carbons (Fsp3) is 0.222. The Hall–Kier alpha value is -0.670. The van der Waals surface area contributed by atoms with Crippen molar-refractivity contribution in [2.45, 2.75) is 6.10 Å². The summed E-state index contributed by atoms with van der Waals surface area (Å²) in [5, 5.41) is 8.32. The first-order chi connectivity index (χ1) is 6.25. The number of thioether (sulfide) groups is 1. The van der Waals surface area contributed by atoms with Crippen LogP contribution >= 0.6 is 23.4 Å². The maximum absolute atomic E-state index is 7.29. The molecule has 4 heteroatoms. The maximum atomic E-state index is 7.29. The Kier molecular flexibility index (Phi) is 2.47. The van der Waals surface area contributed by atoms with Crippen LogP contribution in [-0.4, -0.2) is 11.0 Å². The lowest BCUT2D eigenvalue weighted by Gasteiger charge is -2.08. The van der Waals surface area contributed by atoms with Crippen LogP contribution in [0.3, 0.4) is 0 Å². The van der Waals surface area contributed by atoms with Crippen LogP contribution in [0.25, 0.3) is 0 Å². The summed E-state index contributed by atoms with van der Waals surface area (Å²) in [6.45, 7) is 0. The van der Waals surface area contributed by atoms with Crippen molar-refractivity contribution in [3.8, 4) is 0 Å². The molecule has 1 heterocycles. The van der Waals surface area contributed by atoms with Gasteiger partial charge in [0.05, 0.1) is 0 Å². The largest absolute Gasteiger partial charge is 0.464 e. The highest BCUT2D eigenvalue weighted by Gasteiger charge is 2.22. The number of benzene rings is 1. The van der Waals surface area contributed by atoms with Gasteiger partial charge in [0, 0.05) is 10.8 Å². The van der Waals surface area contributed by atoms with Crippen molar-refractivity contribution in [3.05, 3.63) is 34.9 Å². The monoisotopic (exact) mass is 213 g/mol. The highest BCUT2D eigenvalue weighted by molar-refractivity contribution is 8.13. The molecule has 0 aromatic heterocycles. The topological polar surface area (TPSA) is 33.1 Å². The molecule has 1 saturated heterocycles. The smallest absolute Gasteiger partial charge is 0.243 e. The first kappa shape index (κ1) is 8.91. The molecule has 1 atom stereocenters. The van der Waals surface area contributed by atoms with E-state index in [1.165, 1.54) is 11.8 Å². The molecule has 1 N–H and O–H groups in total. The number of hydrogen-bond acceptors (Lipinski definition) is 3. The molecule has 1 aromatic carbocycles. The van der Waals surface area contributed by atoms with Gasteiger partial charge in [-0.05, 0) is 17.7 Å². The van der Waals surface area contributed by atoms with Crippen LogP contribution in [0.2, 0.25) is 5.02 Å². The van der Waals surface area contributed by atoms with Crippen LogP contribution < -0.4 is 0 Å². The molecule has 1 aromatic rings. The lowest BCUT2D eigenvalue weighted by atomic mass is 10.1.